The van der Waals surface area contributed by atoms with Gasteiger partial charge in [0.25, 0.3) is 5.91 Å². The van der Waals surface area contributed by atoms with Crippen LogP contribution in [0.1, 0.15) is 23.8 Å². The van der Waals surface area contributed by atoms with Crippen LogP contribution in [0.15, 0.2) is 16.7 Å². The van der Waals surface area contributed by atoms with Crippen LogP contribution in [0, 0.1) is 0 Å². The molecule has 1 heterocycles. The molecule has 15 heavy (non-hydrogen) atoms. The minimum Gasteiger partial charge on any atom is -0.395 e. The predicted octanol–water partition coefficient (Wildman–Crippen LogP) is 1.62. The van der Waals surface area contributed by atoms with Crippen molar-refractivity contribution in [1.82, 2.24) is 9.88 Å². The summed E-state index contributed by atoms with van der Waals surface area (Å²) < 4.78 is 0.853. The molecule has 0 spiro atoms. The molecule has 0 radical (unpaired) electrons. The van der Waals surface area contributed by atoms with Gasteiger partial charge in [-0.15, -0.1) is 0 Å². The van der Waals surface area contributed by atoms with E-state index >= 15 is 0 Å². The highest BCUT2D eigenvalue weighted by atomic mass is 79.9. The molecule has 0 aliphatic rings. The van der Waals surface area contributed by atoms with Gasteiger partial charge in [0.2, 0.25) is 0 Å². The second-order valence-electron chi connectivity index (χ2n) is 3.25. The summed E-state index contributed by atoms with van der Waals surface area (Å²) in [5.41, 5.74) is 0.545. The molecule has 0 saturated heterocycles. The van der Waals surface area contributed by atoms with Gasteiger partial charge in [0, 0.05) is 23.8 Å². The molecule has 0 aliphatic heterocycles. The number of H-pyrrole nitrogens is 1. The minimum absolute atomic E-state index is 0.00633. The summed E-state index contributed by atoms with van der Waals surface area (Å²) in [5.74, 6) is -0.0726. The Morgan fingerprint density at radius 3 is 2.80 bits per heavy atom. The van der Waals surface area contributed by atoms with Gasteiger partial charge in [0.1, 0.15) is 5.69 Å². The Labute approximate surface area is 97.4 Å². The van der Waals surface area contributed by atoms with E-state index in [0.717, 1.165) is 10.9 Å². The number of carbonyl (C=O) groups is 1. The Hall–Kier alpha value is -0.810. The summed E-state index contributed by atoms with van der Waals surface area (Å²) in [4.78, 5) is 16.4. The van der Waals surface area contributed by atoms with Crippen LogP contribution < -0.4 is 0 Å². The number of rotatable bonds is 5. The average Bonchev–Trinajstić information content (AvgIpc) is 2.63. The number of halogens is 1. The first-order valence-electron chi connectivity index (χ1n) is 4.93. The van der Waals surface area contributed by atoms with E-state index in [1.165, 1.54) is 0 Å². The zero-order valence-corrected chi connectivity index (χ0v) is 10.2. The summed E-state index contributed by atoms with van der Waals surface area (Å²) in [5, 5.41) is 8.85. The van der Waals surface area contributed by atoms with E-state index in [0.29, 0.717) is 18.8 Å². The Balaban J connectivity index is 2.71. The molecule has 84 valence electrons. The van der Waals surface area contributed by atoms with Crippen LogP contribution in [0.25, 0.3) is 0 Å². The van der Waals surface area contributed by atoms with E-state index in [2.05, 4.69) is 20.9 Å². The molecule has 0 aliphatic carbocycles. The minimum atomic E-state index is -0.0726. The van der Waals surface area contributed by atoms with E-state index in [1.807, 2.05) is 6.92 Å². The third kappa shape index (κ3) is 3.35. The van der Waals surface area contributed by atoms with Crippen molar-refractivity contribution in [3.8, 4) is 0 Å². The molecule has 0 aromatic carbocycles. The third-order valence-electron chi connectivity index (χ3n) is 2.03. The van der Waals surface area contributed by atoms with Crippen molar-refractivity contribution in [2.24, 2.45) is 0 Å². The standard InChI is InChI=1S/C10H15BrN2O2/c1-2-3-13(4-5-14)10(15)9-6-8(11)7-12-9/h6-7,12,14H,2-5H2,1H3. The number of hydrogen-bond acceptors (Lipinski definition) is 2. The molecule has 4 nitrogen and oxygen atoms in total. The zero-order chi connectivity index (χ0) is 11.3. The lowest BCUT2D eigenvalue weighted by Gasteiger charge is -2.20. The molecule has 0 atom stereocenters. The van der Waals surface area contributed by atoms with Gasteiger partial charge >= 0.3 is 0 Å². The van der Waals surface area contributed by atoms with Gasteiger partial charge in [0.15, 0.2) is 0 Å². The van der Waals surface area contributed by atoms with E-state index in [1.54, 1.807) is 17.2 Å². The van der Waals surface area contributed by atoms with Crippen LogP contribution >= 0.6 is 15.9 Å². The molecule has 1 rings (SSSR count). The predicted molar refractivity (Wildman–Crippen MR) is 61.8 cm³/mol. The van der Waals surface area contributed by atoms with Gasteiger partial charge in [-0.25, -0.2) is 0 Å². The summed E-state index contributed by atoms with van der Waals surface area (Å²) in [7, 11) is 0. The van der Waals surface area contributed by atoms with E-state index < -0.39 is 0 Å². The lowest BCUT2D eigenvalue weighted by molar-refractivity contribution is 0.0717. The number of aliphatic hydroxyl groups excluding tert-OH is 1. The molecule has 0 saturated carbocycles. The average molecular weight is 275 g/mol. The van der Waals surface area contributed by atoms with E-state index in [9.17, 15) is 4.79 Å². The number of aliphatic hydroxyl groups is 1. The highest BCUT2D eigenvalue weighted by Crippen LogP contribution is 2.12. The van der Waals surface area contributed by atoms with Crippen molar-refractivity contribution >= 4 is 21.8 Å². The fourth-order valence-corrected chi connectivity index (χ4v) is 1.71. The maximum absolute atomic E-state index is 11.9. The van der Waals surface area contributed by atoms with Gasteiger partial charge in [0.05, 0.1) is 6.61 Å². The molecule has 0 bridgehead atoms. The van der Waals surface area contributed by atoms with Gasteiger partial charge in [-0.2, -0.15) is 0 Å². The Morgan fingerprint density at radius 1 is 1.60 bits per heavy atom. The van der Waals surface area contributed by atoms with Crippen molar-refractivity contribution in [2.45, 2.75) is 13.3 Å². The van der Waals surface area contributed by atoms with Crippen molar-refractivity contribution in [3.05, 3.63) is 22.4 Å². The Morgan fingerprint density at radius 2 is 2.33 bits per heavy atom. The monoisotopic (exact) mass is 274 g/mol. The summed E-state index contributed by atoms with van der Waals surface area (Å²) in [6.45, 7) is 3.04. The van der Waals surface area contributed by atoms with Crippen molar-refractivity contribution < 1.29 is 9.90 Å². The van der Waals surface area contributed by atoms with Crippen LogP contribution in [0.3, 0.4) is 0 Å². The maximum atomic E-state index is 11.9. The third-order valence-corrected chi connectivity index (χ3v) is 2.49. The van der Waals surface area contributed by atoms with Gasteiger partial charge < -0.3 is 15.0 Å². The lowest BCUT2D eigenvalue weighted by Crippen LogP contribution is -2.34. The van der Waals surface area contributed by atoms with Gasteiger partial charge in [-0.3, -0.25) is 4.79 Å². The van der Waals surface area contributed by atoms with Crippen LogP contribution in [0.4, 0.5) is 0 Å². The van der Waals surface area contributed by atoms with Crippen molar-refractivity contribution in [1.29, 1.82) is 0 Å². The second kappa shape index (κ2) is 5.92. The molecule has 2 N–H and O–H groups in total. The fraction of sp³-hybridized carbons (Fsp3) is 0.500. The molecular formula is C10H15BrN2O2. The van der Waals surface area contributed by atoms with Crippen LogP contribution in [0.2, 0.25) is 0 Å². The molecular weight excluding hydrogens is 260 g/mol. The van der Waals surface area contributed by atoms with Crippen LogP contribution in [-0.4, -0.2) is 40.6 Å². The smallest absolute Gasteiger partial charge is 0.270 e. The lowest BCUT2D eigenvalue weighted by atomic mass is 10.3. The summed E-state index contributed by atoms with van der Waals surface area (Å²) in [6, 6.07) is 1.74. The molecule has 1 aromatic heterocycles. The Kier molecular flexibility index (Phi) is 4.84. The van der Waals surface area contributed by atoms with Gasteiger partial charge in [-0.05, 0) is 28.4 Å². The normalized spacial score (nSPS) is 10.3. The molecule has 0 unspecified atom stereocenters. The molecule has 1 aromatic rings. The number of amides is 1. The first kappa shape index (κ1) is 12.3. The largest absolute Gasteiger partial charge is 0.395 e. The molecule has 0 fully saturated rings. The van der Waals surface area contributed by atoms with E-state index in [4.69, 9.17) is 5.11 Å². The fourth-order valence-electron chi connectivity index (χ4n) is 1.37. The highest BCUT2D eigenvalue weighted by Gasteiger charge is 2.15. The number of nitrogens with one attached hydrogen (secondary N) is 1. The summed E-state index contributed by atoms with van der Waals surface area (Å²) in [6.07, 6.45) is 2.60. The zero-order valence-electron chi connectivity index (χ0n) is 8.66. The number of carbonyl (C=O) groups excluding carboxylic acids is 1. The molecule has 1 amide bonds. The Bertz CT molecular complexity index is 319. The first-order chi connectivity index (χ1) is 7.19. The van der Waals surface area contributed by atoms with Crippen LogP contribution in [0.5, 0.6) is 0 Å². The second-order valence-corrected chi connectivity index (χ2v) is 4.16. The van der Waals surface area contributed by atoms with Crippen molar-refractivity contribution in [2.75, 3.05) is 19.7 Å². The first-order valence-corrected chi connectivity index (χ1v) is 5.72. The van der Waals surface area contributed by atoms with E-state index in [-0.39, 0.29) is 12.5 Å². The molecule has 5 heteroatoms. The number of nitrogens with zero attached hydrogens (tertiary/aromatic N) is 1. The summed E-state index contributed by atoms with van der Waals surface area (Å²) >= 11 is 3.28. The quantitative estimate of drug-likeness (QED) is 0.858. The van der Waals surface area contributed by atoms with Crippen molar-refractivity contribution in [3.63, 3.8) is 0 Å². The number of aromatic nitrogens is 1. The number of hydrogen-bond donors (Lipinski definition) is 2. The van der Waals surface area contributed by atoms with Gasteiger partial charge in [-0.1, -0.05) is 6.92 Å². The van der Waals surface area contributed by atoms with Crippen LogP contribution in [-0.2, 0) is 0 Å². The maximum Gasteiger partial charge on any atom is 0.270 e. The topological polar surface area (TPSA) is 56.3 Å². The highest BCUT2D eigenvalue weighted by molar-refractivity contribution is 9.10. The SMILES string of the molecule is CCCN(CCO)C(=O)c1cc(Br)c[nH]1. The number of aromatic amines is 1.